The van der Waals surface area contributed by atoms with Crippen molar-refractivity contribution in [2.45, 2.75) is 31.7 Å². The van der Waals surface area contributed by atoms with E-state index in [0.29, 0.717) is 36.6 Å². The molecule has 0 radical (unpaired) electrons. The molecule has 0 saturated carbocycles. The predicted molar refractivity (Wildman–Crippen MR) is 124 cm³/mol. The molecule has 2 fully saturated rings. The Labute approximate surface area is 194 Å². The van der Waals surface area contributed by atoms with Crippen molar-refractivity contribution in [1.29, 1.82) is 0 Å². The molecule has 4 N–H and O–H groups in total. The largest absolute Gasteiger partial charge is 0.382 e. The number of hydrogen-bond acceptors (Lipinski definition) is 8. The van der Waals surface area contributed by atoms with Crippen LogP contribution in [-0.4, -0.2) is 68.5 Å². The quantitative estimate of drug-likeness (QED) is 0.701. The molecule has 5 heterocycles. The Morgan fingerprint density at radius 1 is 1.26 bits per heavy atom. The van der Waals surface area contributed by atoms with E-state index in [2.05, 4.69) is 21.8 Å². The van der Waals surface area contributed by atoms with Crippen molar-refractivity contribution in [2.24, 2.45) is 5.10 Å². The van der Waals surface area contributed by atoms with Crippen LogP contribution < -0.4 is 11.5 Å². The van der Waals surface area contributed by atoms with Crippen LogP contribution in [0, 0.1) is 5.82 Å². The van der Waals surface area contributed by atoms with E-state index in [0.717, 1.165) is 6.54 Å². The van der Waals surface area contributed by atoms with Gasteiger partial charge in [0.05, 0.1) is 49.0 Å². The number of rotatable bonds is 3. The van der Waals surface area contributed by atoms with Gasteiger partial charge in [-0.25, -0.2) is 22.7 Å². The highest BCUT2D eigenvalue weighted by atomic mass is 19.3. The first-order valence-electron chi connectivity index (χ1n) is 10.9. The van der Waals surface area contributed by atoms with Crippen LogP contribution in [0.15, 0.2) is 48.0 Å². The number of nitrogens with two attached hydrogens (primary N) is 2. The number of fused-ring (bicyclic) bond motifs is 1. The zero-order chi connectivity index (χ0) is 24.5. The maximum atomic E-state index is 14.4. The minimum absolute atomic E-state index is 0.0309. The number of nitrogens with zero attached hydrogens (tertiary/aromatic N) is 6. The van der Waals surface area contributed by atoms with Gasteiger partial charge < -0.3 is 16.2 Å². The number of alkyl halides is 2. The highest BCUT2D eigenvalue weighted by molar-refractivity contribution is 6.15. The molecule has 2 saturated heterocycles. The molecular weight excluding hydrogens is 449 g/mol. The molecule has 0 aromatic carbocycles. The number of hydrogen-bond donors (Lipinski definition) is 2. The number of nitrogen functional groups attached to an aromatic ring is 2. The van der Waals surface area contributed by atoms with E-state index in [-0.39, 0.29) is 36.3 Å². The van der Waals surface area contributed by atoms with E-state index < -0.39 is 11.7 Å². The molecule has 0 amide bonds. The van der Waals surface area contributed by atoms with Gasteiger partial charge in [-0.15, -0.1) is 5.10 Å². The van der Waals surface area contributed by atoms with Crippen LogP contribution in [-0.2, 0) is 4.74 Å². The fourth-order valence-corrected chi connectivity index (χ4v) is 3.95. The normalized spacial score (nSPS) is 20.9. The first-order valence-corrected chi connectivity index (χ1v) is 10.9. The van der Waals surface area contributed by atoms with Crippen molar-refractivity contribution >= 4 is 23.0 Å². The second kappa shape index (κ2) is 9.47. The summed E-state index contributed by atoms with van der Waals surface area (Å²) in [6.45, 7) is 7.72. The maximum Gasteiger partial charge on any atom is 0.260 e. The Morgan fingerprint density at radius 2 is 2.03 bits per heavy atom. The van der Waals surface area contributed by atoms with Crippen molar-refractivity contribution in [3.05, 3.63) is 54.3 Å². The first kappa shape index (κ1) is 23.8. The van der Waals surface area contributed by atoms with Crippen LogP contribution >= 0.6 is 0 Å². The Balaban J connectivity index is 0.000000192. The van der Waals surface area contributed by atoms with Gasteiger partial charge in [0.25, 0.3) is 5.92 Å². The zero-order valence-electron chi connectivity index (χ0n) is 18.8. The van der Waals surface area contributed by atoms with Gasteiger partial charge in [0.2, 0.25) is 5.95 Å². The molecule has 182 valence electrons. The zero-order valence-corrected chi connectivity index (χ0v) is 18.8. The molecule has 0 atom stereocenters. The molecular formula is C22H27F3N8O. The fraction of sp³-hybridized carbons (Fsp3) is 0.409. The van der Waals surface area contributed by atoms with Crippen LogP contribution in [0.3, 0.4) is 0 Å². The van der Waals surface area contributed by atoms with Crippen LogP contribution in [0.2, 0.25) is 0 Å². The van der Waals surface area contributed by atoms with Gasteiger partial charge in [-0.2, -0.15) is 10.1 Å². The Kier molecular flexibility index (Phi) is 6.62. The lowest BCUT2D eigenvalue weighted by molar-refractivity contribution is -0.126. The first-order chi connectivity index (χ1) is 16.2. The minimum atomic E-state index is -2.46. The topological polar surface area (TPSA) is 110 Å². The number of ether oxygens (including phenoxy) is 1. The minimum Gasteiger partial charge on any atom is -0.382 e. The summed E-state index contributed by atoms with van der Waals surface area (Å²) in [4.78, 5) is 5.73. The molecule has 9 nitrogen and oxygen atoms in total. The Hall–Kier alpha value is -3.38. The number of aromatic nitrogens is 3. The lowest BCUT2D eigenvalue weighted by atomic mass is 10.0. The summed E-state index contributed by atoms with van der Waals surface area (Å²) in [7, 11) is 0. The number of halogens is 3. The highest BCUT2D eigenvalue weighted by Gasteiger charge is 2.39. The van der Waals surface area contributed by atoms with Gasteiger partial charge in [0, 0.05) is 12.6 Å². The molecule has 3 aliphatic heterocycles. The second-order valence-corrected chi connectivity index (χ2v) is 8.26. The van der Waals surface area contributed by atoms with Crippen LogP contribution in [0.4, 0.5) is 24.9 Å². The van der Waals surface area contributed by atoms with Gasteiger partial charge in [0.1, 0.15) is 5.52 Å². The van der Waals surface area contributed by atoms with Crippen molar-refractivity contribution in [2.75, 3.05) is 37.8 Å². The number of allylic oxidation sites excluding steroid dienone is 3. The average Bonchev–Trinajstić information content (AvgIpc) is 3.04. The monoisotopic (exact) mass is 476 g/mol. The van der Waals surface area contributed by atoms with Crippen LogP contribution in [0.25, 0.3) is 5.52 Å². The summed E-state index contributed by atoms with van der Waals surface area (Å²) in [5.74, 6) is -2.92. The third-order valence-electron chi connectivity index (χ3n) is 5.68. The van der Waals surface area contributed by atoms with Crippen molar-refractivity contribution in [3.8, 4) is 0 Å². The van der Waals surface area contributed by atoms with Gasteiger partial charge in [0.15, 0.2) is 11.6 Å². The lowest BCUT2D eigenvalue weighted by Crippen LogP contribution is -2.55. The maximum absolute atomic E-state index is 14.4. The van der Waals surface area contributed by atoms with Crippen LogP contribution in [0.5, 0.6) is 0 Å². The van der Waals surface area contributed by atoms with E-state index >= 15 is 0 Å². The number of hydrazone groups is 1. The summed E-state index contributed by atoms with van der Waals surface area (Å²) >= 11 is 0. The second-order valence-electron chi connectivity index (χ2n) is 8.26. The molecule has 3 aliphatic rings. The Bertz CT molecular complexity index is 1170. The third-order valence-corrected chi connectivity index (χ3v) is 5.68. The number of likely N-dealkylation sites (tertiary alicyclic amines) is 1. The van der Waals surface area contributed by atoms with Crippen LogP contribution in [0.1, 0.15) is 25.3 Å². The smallest absolute Gasteiger partial charge is 0.260 e. The molecule has 0 spiro atoms. The number of anilines is 2. The molecule has 2 aromatic heterocycles. The molecule has 0 unspecified atom stereocenters. The highest BCUT2D eigenvalue weighted by Crippen LogP contribution is 2.29. The fourth-order valence-electron chi connectivity index (χ4n) is 3.95. The van der Waals surface area contributed by atoms with E-state index in [1.54, 1.807) is 29.4 Å². The molecule has 2 aromatic rings. The molecule has 0 aliphatic carbocycles. The summed E-state index contributed by atoms with van der Waals surface area (Å²) < 4.78 is 46.4. The average molecular weight is 477 g/mol. The van der Waals surface area contributed by atoms with E-state index in [1.165, 1.54) is 10.7 Å². The summed E-state index contributed by atoms with van der Waals surface area (Å²) in [6.07, 6.45) is 8.79. The van der Waals surface area contributed by atoms with Gasteiger partial charge in [-0.3, -0.25) is 4.90 Å². The Morgan fingerprint density at radius 3 is 2.68 bits per heavy atom. The van der Waals surface area contributed by atoms with Gasteiger partial charge in [-0.05, 0) is 32.0 Å². The summed E-state index contributed by atoms with van der Waals surface area (Å²) in [6, 6.07) is 0.260. The standard InChI is InChI=1S/C14H14FN7.C8H13F2NO/c1-3-6-21-8(2)4-5-10(19-21)11-9(15)7-22-12(11)13(16)18-14(17)20-22;9-8(10)2-1-3-11(6-8)7-4-12-5-7/h3-7H,2H2,1H3,(H4,16,17,18,20);7H,1-6H2/b6-3-;. The summed E-state index contributed by atoms with van der Waals surface area (Å²) in [5, 5.41) is 9.82. The summed E-state index contributed by atoms with van der Waals surface area (Å²) in [5.41, 5.74) is 13.0. The molecule has 12 heteroatoms. The van der Waals surface area contributed by atoms with E-state index in [1.807, 2.05) is 11.8 Å². The molecule has 5 rings (SSSR count). The SMILES string of the molecule is C=C1C=CC(c2c(F)cn3nc(N)nc(N)c23)=NN1/C=C\C.FC1(F)CCCN(C2COC2)C1. The molecule has 34 heavy (non-hydrogen) atoms. The van der Waals surface area contributed by atoms with Gasteiger partial charge in [-0.1, -0.05) is 12.7 Å². The number of piperidine rings is 1. The van der Waals surface area contributed by atoms with Crippen molar-refractivity contribution in [1.82, 2.24) is 24.5 Å². The van der Waals surface area contributed by atoms with E-state index in [9.17, 15) is 13.2 Å². The lowest BCUT2D eigenvalue weighted by Gasteiger charge is -2.41. The van der Waals surface area contributed by atoms with Crippen molar-refractivity contribution < 1.29 is 17.9 Å². The van der Waals surface area contributed by atoms with Crippen molar-refractivity contribution in [3.63, 3.8) is 0 Å². The third kappa shape index (κ3) is 4.92. The predicted octanol–water partition coefficient (Wildman–Crippen LogP) is 2.77. The van der Waals surface area contributed by atoms with E-state index in [4.69, 9.17) is 16.2 Å². The molecule has 0 bridgehead atoms. The van der Waals surface area contributed by atoms with Gasteiger partial charge >= 0.3 is 0 Å².